The Morgan fingerprint density at radius 3 is 2.93 bits per heavy atom. The van der Waals surface area contributed by atoms with Crippen molar-refractivity contribution in [3.05, 3.63) is 17.8 Å². The Morgan fingerprint density at radius 1 is 1.43 bits per heavy atom. The first-order chi connectivity index (χ1) is 6.90. The molecule has 0 aliphatic heterocycles. The highest BCUT2D eigenvalue weighted by Crippen LogP contribution is 2.29. The van der Waals surface area contributed by atoms with Gasteiger partial charge < -0.3 is 9.52 Å². The SMILES string of the molecule is OCc1ncoc1CCC1CCCC1. The highest BCUT2D eigenvalue weighted by atomic mass is 16.3. The third kappa shape index (κ3) is 2.15. The zero-order chi connectivity index (χ0) is 9.80. The van der Waals surface area contributed by atoms with E-state index in [1.807, 2.05) is 0 Å². The molecule has 1 fully saturated rings. The van der Waals surface area contributed by atoms with Crippen molar-refractivity contribution >= 4 is 0 Å². The molecule has 0 atom stereocenters. The Hall–Kier alpha value is -0.830. The topological polar surface area (TPSA) is 46.3 Å². The van der Waals surface area contributed by atoms with Gasteiger partial charge in [0.05, 0.1) is 6.61 Å². The molecule has 0 aromatic carbocycles. The number of aliphatic hydroxyl groups is 1. The lowest BCUT2D eigenvalue weighted by atomic mass is 10.0. The average Bonchev–Trinajstić information content (AvgIpc) is 2.85. The van der Waals surface area contributed by atoms with Crippen molar-refractivity contribution in [1.29, 1.82) is 0 Å². The van der Waals surface area contributed by atoms with Gasteiger partial charge in [-0.05, 0) is 12.3 Å². The fourth-order valence-corrected chi connectivity index (χ4v) is 2.26. The molecule has 0 bridgehead atoms. The number of aryl methyl sites for hydroxylation is 1. The molecule has 14 heavy (non-hydrogen) atoms. The van der Waals surface area contributed by atoms with Gasteiger partial charge in [-0.15, -0.1) is 0 Å². The van der Waals surface area contributed by atoms with E-state index in [9.17, 15) is 0 Å². The van der Waals surface area contributed by atoms with Gasteiger partial charge >= 0.3 is 0 Å². The van der Waals surface area contributed by atoms with Crippen LogP contribution in [0.4, 0.5) is 0 Å². The minimum absolute atomic E-state index is 0.00347. The smallest absolute Gasteiger partial charge is 0.181 e. The summed E-state index contributed by atoms with van der Waals surface area (Å²) in [7, 11) is 0. The summed E-state index contributed by atoms with van der Waals surface area (Å²) in [6.45, 7) is -0.00347. The van der Waals surface area contributed by atoms with E-state index in [1.165, 1.54) is 38.5 Å². The minimum atomic E-state index is -0.00347. The Labute approximate surface area is 84.2 Å². The molecule has 1 heterocycles. The molecule has 0 unspecified atom stereocenters. The molecule has 2 rings (SSSR count). The predicted molar refractivity (Wildman–Crippen MR) is 52.7 cm³/mol. The van der Waals surface area contributed by atoms with Crippen LogP contribution in [0.3, 0.4) is 0 Å². The lowest BCUT2D eigenvalue weighted by molar-refractivity contribution is 0.273. The second-order valence-corrected chi connectivity index (χ2v) is 4.07. The van der Waals surface area contributed by atoms with E-state index >= 15 is 0 Å². The third-order valence-corrected chi connectivity index (χ3v) is 3.13. The monoisotopic (exact) mass is 195 g/mol. The zero-order valence-electron chi connectivity index (χ0n) is 8.41. The molecule has 3 heteroatoms. The van der Waals surface area contributed by atoms with E-state index in [4.69, 9.17) is 9.52 Å². The van der Waals surface area contributed by atoms with Crippen molar-refractivity contribution in [3.8, 4) is 0 Å². The zero-order valence-corrected chi connectivity index (χ0v) is 8.41. The maximum atomic E-state index is 8.98. The molecule has 0 spiro atoms. The van der Waals surface area contributed by atoms with Crippen LogP contribution < -0.4 is 0 Å². The Morgan fingerprint density at radius 2 is 2.21 bits per heavy atom. The van der Waals surface area contributed by atoms with Gasteiger partial charge in [-0.3, -0.25) is 0 Å². The first-order valence-electron chi connectivity index (χ1n) is 5.42. The van der Waals surface area contributed by atoms with Gasteiger partial charge in [0.1, 0.15) is 11.5 Å². The first-order valence-corrected chi connectivity index (χ1v) is 5.42. The maximum Gasteiger partial charge on any atom is 0.181 e. The fourth-order valence-electron chi connectivity index (χ4n) is 2.26. The van der Waals surface area contributed by atoms with Gasteiger partial charge in [-0.1, -0.05) is 25.7 Å². The molecular formula is C11H17NO2. The molecule has 1 aliphatic rings. The van der Waals surface area contributed by atoms with Gasteiger partial charge in [0.25, 0.3) is 0 Å². The molecule has 1 N–H and O–H groups in total. The molecule has 1 aliphatic carbocycles. The van der Waals surface area contributed by atoms with Crippen molar-refractivity contribution < 1.29 is 9.52 Å². The van der Waals surface area contributed by atoms with Crippen LogP contribution in [0.15, 0.2) is 10.8 Å². The molecule has 3 nitrogen and oxygen atoms in total. The summed E-state index contributed by atoms with van der Waals surface area (Å²) < 4.78 is 5.24. The lowest BCUT2D eigenvalue weighted by Gasteiger charge is -2.06. The lowest BCUT2D eigenvalue weighted by Crippen LogP contribution is -1.98. The Kier molecular flexibility index (Phi) is 3.19. The largest absolute Gasteiger partial charge is 0.448 e. The number of aromatic nitrogens is 1. The van der Waals surface area contributed by atoms with Crippen molar-refractivity contribution in [2.45, 2.75) is 45.1 Å². The molecule has 0 amide bonds. The van der Waals surface area contributed by atoms with E-state index in [-0.39, 0.29) is 6.61 Å². The highest BCUT2D eigenvalue weighted by Gasteiger charge is 2.16. The van der Waals surface area contributed by atoms with Crippen molar-refractivity contribution in [1.82, 2.24) is 4.98 Å². The van der Waals surface area contributed by atoms with Crippen LogP contribution in [0.25, 0.3) is 0 Å². The van der Waals surface area contributed by atoms with Crippen LogP contribution in [-0.2, 0) is 13.0 Å². The molecule has 1 aromatic heterocycles. The van der Waals surface area contributed by atoms with E-state index < -0.39 is 0 Å². The van der Waals surface area contributed by atoms with Gasteiger partial charge in [0, 0.05) is 6.42 Å². The van der Waals surface area contributed by atoms with Crippen LogP contribution in [0.2, 0.25) is 0 Å². The normalized spacial score (nSPS) is 17.8. The quantitative estimate of drug-likeness (QED) is 0.801. The van der Waals surface area contributed by atoms with Crippen LogP contribution in [0.5, 0.6) is 0 Å². The number of aliphatic hydroxyl groups excluding tert-OH is 1. The molecule has 1 aromatic rings. The van der Waals surface area contributed by atoms with E-state index in [0.717, 1.165) is 18.1 Å². The van der Waals surface area contributed by atoms with Gasteiger partial charge in [-0.25, -0.2) is 4.98 Å². The average molecular weight is 195 g/mol. The summed E-state index contributed by atoms with van der Waals surface area (Å²) in [6, 6.07) is 0. The highest BCUT2D eigenvalue weighted by molar-refractivity contribution is 5.05. The van der Waals surface area contributed by atoms with Gasteiger partial charge in [0.2, 0.25) is 0 Å². The first kappa shape index (κ1) is 9.71. The molecule has 0 radical (unpaired) electrons. The number of nitrogens with zero attached hydrogens (tertiary/aromatic N) is 1. The fraction of sp³-hybridized carbons (Fsp3) is 0.727. The van der Waals surface area contributed by atoms with E-state index in [0.29, 0.717) is 5.69 Å². The number of rotatable bonds is 4. The number of oxazole rings is 1. The summed E-state index contributed by atoms with van der Waals surface area (Å²) in [4.78, 5) is 3.96. The van der Waals surface area contributed by atoms with Crippen LogP contribution in [0, 0.1) is 5.92 Å². The van der Waals surface area contributed by atoms with Crippen molar-refractivity contribution in [3.63, 3.8) is 0 Å². The summed E-state index contributed by atoms with van der Waals surface area (Å²) in [5, 5.41) is 8.98. The van der Waals surface area contributed by atoms with Gasteiger partial charge in [-0.2, -0.15) is 0 Å². The molecule has 1 saturated carbocycles. The molecule has 78 valence electrons. The summed E-state index contributed by atoms with van der Waals surface area (Å²) in [6.07, 6.45) is 9.03. The summed E-state index contributed by atoms with van der Waals surface area (Å²) in [5.41, 5.74) is 0.711. The minimum Gasteiger partial charge on any atom is -0.448 e. The van der Waals surface area contributed by atoms with Crippen molar-refractivity contribution in [2.24, 2.45) is 5.92 Å². The van der Waals surface area contributed by atoms with Crippen molar-refractivity contribution in [2.75, 3.05) is 0 Å². The van der Waals surface area contributed by atoms with Gasteiger partial charge in [0.15, 0.2) is 6.39 Å². The van der Waals surface area contributed by atoms with E-state index in [1.54, 1.807) is 0 Å². The Balaban J connectivity index is 1.84. The summed E-state index contributed by atoms with van der Waals surface area (Å²) in [5.74, 6) is 1.74. The number of hydrogen-bond donors (Lipinski definition) is 1. The Bertz CT molecular complexity index is 277. The second-order valence-electron chi connectivity index (χ2n) is 4.07. The molecule has 0 saturated heterocycles. The predicted octanol–water partition coefficient (Wildman–Crippen LogP) is 2.29. The van der Waals surface area contributed by atoms with Crippen LogP contribution >= 0.6 is 0 Å². The third-order valence-electron chi connectivity index (χ3n) is 3.13. The standard InChI is InChI=1S/C11H17NO2/c13-7-10-11(14-8-12-10)6-5-9-3-1-2-4-9/h8-9,13H,1-7H2. The number of hydrogen-bond acceptors (Lipinski definition) is 3. The van der Waals surface area contributed by atoms with Crippen LogP contribution in [0.1, 0.15) is 43.6 Å². The molecular weight excluding hydrogens is 178 g/mol. The summed E-state index contributed by atoms with van der Waals surface area (Å²) >= 11 is 0. The van der Waals surface area contributed by atoms with Crippen LogP contribution in [-0.4, -0.2) is 10.1 Å². The van der Waals surface area contributed by atoms with E-state index in [2.05, 4.69) is 4.98 Å². The maximum absolute atomic E-state index is 8.98. The second kappa shape index (κ2) is 4.60.